The second kappa shape index (κ2) is 6.49. The minimum atomic E-state index is -0.402. The Balaban J connectivity index is 1.58. The highest BCUT2D eigenvalue weighted by Crippen LogP contribution is 2.37. The van der Waals surface area contributed by atoms with Gasteiger partial charge < -0.3 is 15.3 Å². The van der Waals surface area contributed by atoms with Crippen molar-refractivity contribution in [3.05, 3.63) is 30.0 Å². The molecule has 0 unspecified atom stereocenters. The molecule has 0 radical (unpaired) electrons. The fraction of sp³-hybridized carbons (Fsp3) is 0.533. The Morgan fingerprint density at radius 1 is 1.39 bits per heavy atom. The van der Waals surface area contributed by atoms with Crippen molar-refractivity contribution in [3.63, 3.8) is 0 Å². The van der Waals surface area contributed by atoms with Gasteiger partial charge in [0.1, 0.15) is 17.5 Å². The number of aromatic nitrogens is 4. The Bertz CT molecular complexity index is 644. The number of H-pyrrole nitrogens is 1. The number of nitrogens with zero attached hydrogens (tertiary/aromatic N) is 4. The van der Waals surface area contributed by atoms with Gasteiger partial charge in [0.15, 0.2) is 0 Å². The molecule has 1 aliphatic carbocycles. The predicted octanol–water partition coefficient (Wildman–Crippen LogP) is 1.37. The van der Waals surface area contributed by atoms with E-state index in [4.69, 9.17) is 0 Å². The lowest BCUT2D eigenvalue weighted by Crippen LogP contribution is -2.22. The van der Waals surface area contributed by atoms with Gasteiger partial charge in [-0.2, -0.15) is 4.98 Å². The molecule has 2 aromatic rings. The molecular weight excluding hydrogens is 299 g/mol. The number of hydrogen-bond acceptors (Lipinski definition) is 6. The van der Waals surface area contributed by atoms with Crippen molar-refractivity contribution in [2.75, 3.05) is 30.9 Å². The van der Waals surface area contributed by atoms with Crippen molar-refractivity contribution >= 4 is 11.8 Å². The van der Waals surface area contributed by atoms with Gasteiger partial charge in [-0.3, -0.25) is 5.10 Å². The summed E-state index contributed by atoms with van der Waals surface area (Å²) < 4.78 is 12.8. The lowest BCUT2D eigenvalue weighted by molar-refractivity contribution is 0.137. The highest BCUT2D eigenvalue weighted by atomic mass is 19.1. The zero-order valence-corrected chi connectivity index (χ0v) is 13.2. The summed E-state index contributed by atoms with van der Waals surface area (Å²) in [5, 5.41) is 20.5. The van der Waals surface area contributed by atoms with Crippen LogP contribution in [0.1, 0.15) is 24.6 Å². The van der Waals surface area contributed by atoms with E-state index in [1.54, 1.807) is 6.07 Å². The van der Waals surface area contributed by atoms with Gasteiger partial charge in [0.05, 0.1) is 12.3 Å². The molecule has 7 nitrogen and oxygen atoms in total. The number of aromatic amines is 1. The summed E-state index contributed by atoms with van der Waals surface area (Å²) in [4.78, 5) is 10.3. The number of rotatable bonds is 5. The van der Waals surface area contributed by atoms with Crippen molar-refractivity contribution in [1.82, 2.24) is 20.2 Å². The average Bonchev–Trinajstić information content (AvgIpc) is 3.14. The van der Waals surface area contributed by atoms with Gasteiger partial charge in [-0.15, -0.1) is 5.10 Å². The van der Waals surface area contributed by atoms with Crippen LogP contribution in [0.25, 0.3) is 0 Å². The first-order chi connectivity index (χ1) is 11.0. The first-order valence-electron chi connectivity index (χ1n) is 7.66. The highest BCUT2D eigenvalue weighted by Gasteiger charge is 2.35. The van der Waals surface area contributed by atoms with Crippen molar-refractivity contribution in [3.8, 4) is 0 Å². The molecular formula is C15H21FN6O. The van der Waals surface area contributed by atoms with Gasteiger partial charge in [0, 0.05) is 32.5 Å². The lowest BCUT2D eigenvalue weighted by Gasteiger charge is -2.15. The second-order valence-corrected chi connectivity index (χ2v) is 6.15. The summed E-state index contributed by atoms with van der Waals surface area (Å²) >= 11 is 0. The molecule has 8 heteroatoms. The number of nitrogens with one attached hydrogen (secondary N) is 2. The van der Waals surface area contributed by atoms with E-state index in [-0.39, 0.29) is 17.7 Å². The van der Waals surface area contributed by atoms with E-state index in [2.05, 4.69) is 25.5 Å². The van der Waals surface area contributed by atoms with Gasteiger partial charge in [0.25, 0.3) is 0 Å². The van der Waals surface area contributed by atoms with Crippen LogP contribution in [-0.4, -0.2) is 52.0 Å². The molecule has 2 heterocycles. The van der Waals surface area contributed by atoms with Crippen LogP contribution in [0.15, 0.2) is 18.3 Å². The average molecular weight is 320 g/mol. The van der Waals surface area contributed by atoms with E-state index in [0.717, 1.165) is 12.2 Å². The van der Waals surface area contributed by atoms with E-state index in [1.165, 1.54) is 12.3 Å². The molecule has 0 bridgehead atoms. The Kier molecular flexibility index (Phi) is 4.42. The van der Waals surface area contributed by atoms with Crippen molar-refractivity contribution in [1.29, 1.82) is 0 Å². The summed E-state index contributed by atoms with van der Waals surface area (Å²) in [6, 6.07) is 2.95. The van der Waals surface area contributed by atoms with Gasteiger partial charge >= 0.3 is 0 Å². The standard InChI is InChI=1S/C15H21FN6O/c1-22(2)15-19-14(20-21-15)9-5-10(12(23)6-9)7-17-13-4-3-11(16)8-18-13/h3-4,8-10,12,23H,5-7H2,1-2H3,(H,17,18)(H,19,20,21)/t9-,10+,12+/m0/s1. The molecule has 0 aromatic carbocycles. The smallest absolute Gasteiger partial charge is 0.244 e. The molecule has 3 rings (SSSR count). The van der Waals surface area contributed by atoms with Gasteiger partial charge in [0.2, 0.25) is 5.95 Å². The molecule has 1 saturated carbocycles. The molecule has 1 fully saturated rings. The number of aliphatic hydroxyl groups excluding tert-OH is 1. The Morgan fingerprint density at radius 3 is 2.87 bits per heavy atom. The SMILES string of the molecule is CN(C)c1n[nH]c([C@H]2C[C@H](CNc3ccc(F)cn3)[C@H](O)C2)n1. The first kappa shape index (κ1) is 15.7. The third kappa shape index (κ3) is 3.58. The first-order valence-corrected chi connectivity index (χ1v) is 7.66. The molecule has 1 aliphatic rings. The number of anilines is 2. The number of halogens is 1. The van der Waals surface area contributed by atoms with Crippen LogP contribution in [0.4, 0.5) is 16.2 Å². The van der Waals surface area contributed by atoms with E-state index in [0.29, 0.717) is 24.7 Å². The summed E-state index contributed by atoms with van der Waals surface area (Å²) in [6.45, 7) is 0.588. The molecule has 3 atom stereocenters. The van der Waals surface area contributed by atoms with Crippen LogP contribution >= 0.6 is 0 Å². The van der Waals surface area contributed by atoms with Crippen LogP contribution in [0.5, 0.6) is 0 Å². The zero-order chi connectivity index (χ0) is 16.4. The van der Waals surface area contributed by atoms with E-state index >= 15 is 0 Å². The van der Waals surface area contributed by atoms with Crippen LogP contribution in [0.3, 0.4) is 0 Å². The largest absolute Gasteiger partial charge is 0.393 e. The zero-order valence-electron chi connectivity index (χ0n) is 13.2. The van der Waals surface area contributed by atoms with Gasteiger partial charge in [-0.05, 0) is 25.0 Å². The normalized spacial score (nSPS) is 23.9. The molecule has 0 saturated heterocycles. The lowest BCUT2D eigenvalue weighted by atomic mass is 10.0. The van der Waals surface area contributed by atoms with E-state index in [9.17, 15) is 9.50 Å². The monoisotopic (exact) mass is 320 g/mol. The molecule has 0 spiro atoms. The topological polar surface area (TPSA) is 90.0 Å². The van der Waals surface area contributed by atoms with Gasteiger partial charge in [-0.25, -0.2) is 9.37 Å². The molecule has 3 N–H and O–H groups in total. The quantitative estimate of drug-likeness (QED) is 0.771. The molecule has 2 aromatic heterocycles. The minimum Gasteiger partial charge on any atom is -0.393 e. The van der Waals surface area contributed by atoms with Crippen molar-refractivity contribution in [2.45, 2.75) is 24.9 Å². The predicted molar refractivity (Wildman–Crippen MR) is 84.9 cm³/mol. The number of hydrogen-bond donors (Lipinski definition) is 3. The summed E-state index contributed by atoms with van der Waals surface area (Å²) in [5.74, 6) is 1.97. The molecule has 0 amide bonds. The summed E-state index contributed by atoms with van der Waals surface area (Å²) in [5.41, 5.74) is 0. The van der Waals surface area contributed by atoms with Gasteiger partial charge in [-0.1, -0.05) is 0 Å². The Labute approximate surface area is 134 Å². The minimum absolute atomic E-state index is 0.0970. The van der Waals surface area contributed by atoms with Crippen LogP contribution in [0.2, 0.25) is 0 Å². The summed E-state index contributed by atoms with van der Waals surface area (Å²) in [6.07, 6.45) is 2.25. The molecule has 0 aliphatic heterocycles. The van der Waals surface area contributed by atoms with Crippen LogP contribution in [-0.2, 0) is 0 Å². The Morgan fingerprint density at radius 2 is 2.22 bits per heavy atom. The fourth-order valence-electron chi connectivity index (χ4n) is 2.91. The van der Waals surface area contributed by atoms with Crippen molar-refractivity contribution in [2.24, 2.45) is 5.92 Å². The van der Waals surface area contributed by atoms with Crippen molar-refractivity contribution < 1.29 is 9.50 Å². The maximum absolute atomic E-state index is 12.8. The maximum Gasteiger partial charge on any atom is 0.244 e. The molecule has 23 heavy (non-hydrogen) atoms. The van der Waals surface area contributed by atoms with Crippen LogP contribution in [0, 0.1) is 11.7 Å². The summed E-state index contributed by atoms with van der Waals surface area (Å²) in [7, 11) is 3.78. The fourth-order valence-corrected chi connectivity index (χ4v) is 2.91. The van der Waals surface area contributed by atoms with E-state index < -0.39 is 6.10 Å². The third-order valence-corrected chi connectivity index (χ3v) is 4.21. The maximum atomic E-state index is 12.8. The van der Waals surface area contributed by atoms with Crippen LogP contribution < -0.4 is 10.2 Å². The number of aliphatic hydroxyl groups is 1. The number of pyridine rings is 1. The molecule has 124 valence electrons. The van der Waals surface area contributed by atoms with E-state index in [1.807, 2.05) is 19.0 Å². The Hall–Kier alpha value is -2.22. The second-order valence-electron chi connectivity index (χ2n) is 6.15. The third-order valence-electron chi connectivity index (χ3n) is 4.21. The highest BCUT2D eigenvalue weighted by molar-refractivity contribution is 5.33.